The Kier molecular flexibility index (Phi) is 3.40. The molecular weight excluding hydrogens is 227 g/mol. The van der Waals surface area contributed by atoms with Crippen LogP contribution in [0, 0.1) is 0 Å². The Balaban J connectivity index is 2.04. The highest BCUT2D eigenvalue weighted by Gasteiger charge is 2.44. The van der Waals surface area contributed by atoms with E-state index in [2.05, 4.69) is 0 Å². The van der Waals surface area contributed by atoms with Crippen LogP contribution in [0.2, 0.25) is 0 Å². The Bertz CT molecular complexity index is 395. The first-order valence-electron chi connectivity index (χ1n) is 5.33. The molecule has 1 aliphatic heterocycles. The van der Waals surface area contributed by atoms with E-state index < -0.39 is 30.6 Å². The standard InChI is InChI=1S/C12H13FO4/c1-7-9(13)10(12(15)16-7)17-11(14)8-5-3-2-4-6-8/h2-7,9-10,12,15H,1H3/t7-,9-,10-,12-/m1/s1. The van der Waals surface area contributed by atoms with Gasteiger partial charge in [0.1, 0.15) is 0 Å². The normalized spacial score (nSPS) is 32.4. The third-order valence-electron chi connectivity index (χ3n) is 2.65. The highest BCUT2D eigenvalue weighted by molar-refractivity contribution is 5.89. The van der Waals surface area contributed by atoms with E-state index in [-0.39, 0.29) is 0 Å². The van der Waals surface area contributed by atoms with Crippen LogP contribution >= 0.6 is 0 Å². The number of hydrogen-bond donors (Lipinski definition) is 1. The second-order valence-electron chi connectivity index (χ2n) is 3.91. The molecule has 5 heteroatoms. The van der Waals surface area contributed by atoms with Gasteiger partial charge in [0.2, 0.25) is 0 Å². The molecule has 4 atom stereocenters. The number of rotatable bonds is 2. The van der Waals surface area contributed by atoms with Crippen molar-refractivity contribution >= 4 is 5.97 Å². The monoisotopic (exact) mass is 240 g/mol. The zero-order valence-electron chi connectivity index (χ0n) is 9.25. The lowest BCUT2D eigenvalue weighted by Gasteiger charge is -2.15. The number of ether oxygens (including phenoxy) is 2. The summed E-state index contributed by atoms with van der Waals surface area (Å²) in [6.07, 6.45) is -4.97. The van der Waals surface area contributed by atoms with Crippen LogP contribution in [0.4, 0.5) is 4.39 Å². The molecule has 1 aromatic rings. The smallest absolute Gasteiger partial charge is 0.338 e. The van der Waals surface area contributed by atoms with Gasteiger partial charge in [-0.05, 0) is 19.1 Å². The fourth-order valence-electron chi connectivity index (χ4n) is 1.69. The van der Waals surface area contributed by atoms with E-state index >= 15 is 0 Å². The molecule has 0 aromatic heterocycles. The molecule has 0 aliphatic carbocycles. The molecule has 1 N–H and O–H groups in total. The third-order valence-corrected chi connectivity index (χ3v) is 2.65. The fraction of sp³-hybridized carbons (Fsp3) is 0.417. The highest BCUT2D eigenvalue weighted by atomic mass is 19.1. The van der Waals surface area contributed by atoms with Gasteiger partial charge in [-0.2, -0.15) is 0 Å². The molecule has 1 heterocycles. The molecule has 0 unspecified atom stereocenters. The van der Waals surface area contributed by atoms with Gasteiger partial charge in [-0.1, -0.05) is 18.2 Å². The molecule has 92 valence electrons. The van der Waals surface area contributed by atoms with Crippen LogP contribution in [0.25, 0.3) is 0 Å². The van der Waals surface area contributed by atoms with Gasteiger partial charge in [-0.15, -0.1) is 0 Å². The summed E-state index contributed by atoms with van der Waals surface area (Å²) in [4.78, 5) is 11.6. The molecule has 0 saturated carbocycles. The molecule has 0 amide bonds. The van der Waals surface area contributed by atoms with Gasteiger partial charge < -0.3 is 14.6 Å². The summed E-state index contributed by atoms with van der Waals surface area (Å²) in [7, 11) is 0. The van der Waals surface area contributed by atoms with Gasteiger partial charge in [0.25, 0.3) is 0 Å². The Labute approximate surface area is 98.0 Å². The predicted octanol–water partition coefficient (Wildman–Crippen LogP) is 1.29. The van der Waals surface area contributed by atoms with E-state index in [0.717, 1.165) is 0 Å². The minimum Gasteiger partial charge on any atom is -0.450 e. The molecule has 0 bridgehead atoms. The SMILES string of the molecule is C[C@H]1O[C@@H](O)[C@H](OC(=O)c2ccccc2)[C@@H]1F. The lowest BCUT2D eigenvalue weighted by Crippen LogP contribution is -2.34. The highest BCUT2D eigenvalue weighted by Crippen LogP contribution is 2.25. The summed E-state index contributed by atoms with van der Waals surface area (Å²) in [5.41, 5.74) is 0.312. The topological polar surface area (TPSA) is 55.8 Å². The first-order chi connectivity index (χ1) is 8.09. The molecular formula is C12H13FO4. The average molecular weight is 240 g/mol. The Hall–Kier alpha value is -1.46. The van der Waals surface area contributed by atoms with Crippen LogP contribution in [-0.4, -0.2) is 35.7 Å². The number of hydrogen-bond acceptors (Lipinski definition) is 4. The van der Waals surface area contributed by atoms with Crippen LogP contribution in [-0.2, 0) is 9.47 Å². The van der Waals surface area contributed by atoms with E-state index in [1.807, 2.05) is 0 Å². The summed E-state index contributed by atoms with van der Waals surface area (Å²) >= 11 is 0. The summed E-state index contributed by atoms with van der Waals surface area (Å²) in [5.74, 6) is -0.671. The Morgan fingerprint density at radius 1 is 1.41 bits per heavy atom. The van der Waals surface area contributed by atoms with E-state index in [4.69, 9.17) is 9.47 Å². The maximum absolute atomic E-state index is 13.5. The molecule has 1 aliphatic rings. The van der Waals surface area contributed by atoms with Crippen molar-refractivity contribution in [1.82, 2.24) is 0 Å². The number of benzene rings is 1. The second-order valence-corrected chi connectivity index (χ2v) is 3.91. The average Bonchev–Trinajstić information content (AvgIpc) is 2.57. The molecule has 0 spiro atoms. The van der Waals surface area contributed by atoms with Gasteiger partial charge >= 0.3 is 5.97 Å². The number of aliphatic hydroxyl groups is 1. The third kappa shape index (κ3) is 2.45. The van der Waals surface area contributed by atoms with E-state index in [1.165, 1.54) is 6.92 Å². The Morgan fingerprint density at radius 3 is 2.59 bits per heavy atom. The van der Waals surface area contributed by atoms with Gasteiger partial charge in [-0.3, -0.25) is 0 Å². The number of esters is 1. The summed E-state index contributed by atoms with van der Waals surface area (Å²) in [6, 6.07) is 8.22. The van der Waals surface area contributed by atoms with Crippen LogP contribution in [0.1, 0.15) is 17.3 Å². The minimum atomic E-state index is -1.52. The fourth-order valence-corrected chi connectivity index (χ4v) is 1.69. The molecule has 2 rings (SSSR count). The number of carbonyl (C=O) groups excluding carboxylic acids is 1. The summed E-state index contributed by atoms with van der Waals surface area (Å²) < 4.78 is 23.3. The number of halogens is 1. The van der Waals surface area contributed by atoms with Crippen molar-refractivity contribution in [1.29, 1.82) is 0 Å². The first kappa shape index (κ1) is 12.0. The van der Waals surface area contributed by atoms with Crippen molar-refractivity contribution in [2.45, 2.75) is 31.6 Å². The summed E-state index contributed by atoms with van der Waals surface area (Å²) in [6.45, 7) is 1.48. The minimum absolute atomic E-state index is 0.312. The molecule has 0 radical (unpaired) electrons. The maximum atomic E-state index is 13.5. The maximum Gasteiger partial charge on any atom is 0.338 e. The van der Waals surface area contributed by atoms with Crippen molar-refractivity contribution in [2.75, 3.05) is 0 Å². The molecule has 4 nitrogen and oxygen atoms in total. The van der Waals surface area contributed by atoms with Crippen molar-refractivity contribution in [2.24, 2.45) is 0 Å². The molecule has 17 heavy (non-hydrogen) atoms. The van der Waals surface area contributed by atoms with Crippen LogP contribution in [0.15, 0.2) is 30.3 Å². The van der Waals surface area contributed by atoms with Gasteiger partial charge in [-0.25, -0.2) is 9.18 Å². The lowest BCUT2D eigenvalue weighted by molar-refractivity contribution is -0.127. The quantitative estimate of drug-likeness (QED) is 0.791. The van der Waals surface area contributed by atoms with Crippen molar-refractivity contribution in [3.8, 4) is 0 Å². The largest absolute Gasteiger partial charge is 0.450 e. The van der Waals surface area contributed by atoms with Crippen molar-refractivity contribution < 1.29 is 23.8 Å². The van der Waals surface area contributed by atoms with Crippen LogP contribution in [0.3, 0.4) is 0 Å². The molecule has 1 saturated heterocycles. The van der Waals surface area contributed by atoms with E-state index in [0.29, 0.717) is 5.56 Å². The molecule has 1 fully saturated rings. The lowest BCUT2D eigenvalue weighted by atomic mass is 10.2. The zero-order chi connectivity index (χ0) is 12.4. The number of alkyl halides is 1. The second kappa shape index (κ2) is 4.81. The first-order valence-corrected chi connectivity index (χ1v) is 5.33. The number of aliphatic hydroxyl groups excluding tert-OH is 1. The Morgan fingerprint density at radius 2 is 2.06 bits per heavy atom. The van der Waals surface area contributed by atoms with Gasteiger partial charge in [0.15, 0.2) is 18.6 Å². The van der Waals surface area contributed by atoms with Crippen LogP contribution < -0.4 is 0 Å². The van der Waals surface area contributed by atoms with Crippen LogP contribution in [0.5, 0.6) is 0 Å². The van der Waals surface area contributed by atoms with Crippen molar-refractivity contribution in [3.05, 3.63) is 35.9 Å². The van der Waals surface area contributed by atoms with Gasteiger partial charge in [0, 0.05) is 0 Å². The number of carbonyl (C=O) groups is 1. The molecule has 1 aromatic carbocycles. The zero-order valence-corrected chi connectivity index (χ0v) is 9.25. The predicted molar refractivity (Wildman–Crippen MR) is 57.1 cm³/mol. The van der Waals surface area contributed by atoms with E-state index in [9.17, 15) is 14.3 Å². The van der Waals surface area contributed by atoms with Crippen molar-refractivity contribution in [3.63, 3.8) is 0 Å². The van der Waals surface area contributed by atoms with E-state index in [1.54, 1.807) is 30.3 Å². The van der Waals surface area contributed by atoms with Gasteiger partial charge in [0.05, 0.1) is 11.7 Å². The summed E-state index contributed by atoms with van der Waals surface area (Å²) in [5, 5.41) is 9.39.